The molecule has 1 aromatic heterocycles. The van der Waals surface area contributed by atoms with Crippen LogP contribution in [-0.2, 0) is 0 Å². The van der Waals surface area contributed by atoms with E-state index in [2.05, 4.69) is 83.1 Å². The predicted molar refractivity (Wildman–Crippen MR) is 115 cm³/mol. The van der Waals surface area contributed by atoms with Crippen LogP contribution in [0.15, 0.2) is 77.9 Å². The Bertz CT molecular complexity index is 1170. The molecule has 0 saturated carbocycles. The number of hydrogen-bond acceptors (Lipinski definition) is 3. The molecule has 0 aliphatic carbocycles. The highest BCUT2D eigenvalue weighted by Gasteiger charge is 2.22. The maximum Gasteiger partial charge on any atom is 0.133 e. The van der Waals surface area contributed by atoms with Gasteiger partial charge >= 0.3 is 0 Å². The third-order valence-electron chi connectivity index (χ3n) is 5.43. The van der Waals surface area contributed by atoms with Crippen molar-refractivity contribution in [2.75, 3.05) is 11.9 Å². The summed E-state index contributed by atoms with van der Waals surface area (Å²) >= 11 is 0. The number of nitrogens with one attached hydrogen (secondary N) is 2. The molecule has 5 rings (SSSR count). The van der Waals surface area contributed by atoms with Gasteiger partial charge < -0.3 is 5.32 Å². The van der Waals surface area contributed by atoms with Gasteiger partial charge in [0, 0.05) is 29.1 Å². The Hall–Kier alpha value is -3.40. The molecule has 0 amide bonds. The number of aliphatic imine (C=N–C) groups is 1. The number of amidine groups is 1. The second-order valence-electron chi connectivity index (χ2n) is 7.37. The van der Waals surface area contributed by atoms with Crippen LogP contribution in [0.3, 0.4) is 0 Å². The van der Waals surface area contributed by atoms with Crippen molar-refractivity contribution in [3.8, 4) is 0 Å². The zero-order valence-corrected chi connectivity index (χ0v) is 15.8. The summed E-state index contributed by atoms with van der Waals surface area (Å²) in [6, 6.07) is 23.7. The number of H-pyrrole nitrogens is 1. The number of anilines is 1. The van der Waals surface area contributed by atoms with Crippen LogP contribution in [0.25, 0.3) is 10.9 Å². The average Bonchev–Trinajstić information content (AvgIpc) is 3.10. The lowest BCUT2D eigenvalue weighted by Crippen LogP contribution is -2.15. The molecule has 2 heterocycles. The lowest BCUT2D eigenvalue weighted by atomic mass is 9.85. The van der Waals surface area contributed by atoms with E-state index in [4.69, 9.17) is 4.99 Å². The van der Waals surface area contributed by atoms with E-state index in [0.29, 0.717) is 5.92 Å². The lowest BCUT2D eigenvalue weighted by molar-refractivity contribution is 0.734. The number of aryl methyl sites for hydroxylation is 1. The predicted octanol–water partition coefficient (Wildman–Crippen LogP) is 5.27. The van der Waals surface area contributed by atoms with Gasteiger partial charge in [0.2, 0.25) is 0 Å². The van der Waals surface area contributed by atoms with E-state index in [1.165, 1.54) is 22.3 Å². The molecule has 0 fully saturated rings. The second kappa shape index (κ2) is 6.97. The molecule has 4 nitrogen and oxygen atoms in total. The zero-order chi connectivity index (χ0) is 18.9. The topological polar surface area (TPSA) is 53.1 Å². The Labute approximate surface area is 164 Å². The first kappa shape index (κ1) is 16.8. The van der Waals surface area contributed by atoms with Gasteiger partial charge in [-0.3, -0.25) is 10.1 Å². The van der Waals surface area contributed by atoms with E-state index in [1.807, 2.05) is 12.3 Å². The fourth-order valence-electron chi connectivity index (χ4n) is 4.06. The number of nitrogens with zero attached hydrogens (tertiary/aromatic N) is 2. The minimum Gasteiger partial charge on any atom is -0.340 e. The monoisotopic (exact) mass is 366 g/mol. The number of rotatable bonds is 2. The summed E-state index contributed by atoms with van der Waals surface area (Å²) in [5.41, 5.74) is 7.24. The van der Waals surface area contributed by atoms with Crippen molar-refractivity contribution in [1.82, 2.24) is 10.2 Å². The number of benzene rings is 3. The molecule has 4 heteroatoms. The number of fused-ring (bicyclic) bond motifs is 2. The highest BCUT2D eigenvalue weighted by atomic mass is 15.1. The fraction of sp³-hybridized carbons (Fsp3) is 0.167. The van der Waals surface area contributed by atoms with Gasteiger partial charge in [0.15, 0.2) is 0 Å². The third-order valence-corrected chi connectivity index (χ3v) is 5.43. The van der Waals surface area contributed by atoms with Crippen LogP contribution in [0.4, 0.5) is 5.69 Å². The molecule has 0 saturated heterocycles. The SMILES string of the molecule is Cc1cccc(C2CCN=C(Nc3ccc4[nH]ncc4c3)c3ccccc32)c1. The zero-order valence-electron chi connectivity index (χ0n) is 15.8. The molecule has 0 bridgehead atoms. The third kappa shape index (κ3) is 3.07. The molecule has 1 unspecified atom stereocenters. The Balaban J connectivity index is 1.53. The maximum absolute atomic E-state index is 4.91. The van der Waals surface area contributed by atoms with Crippen molar-refractivity contribution in [1.29, 1.82) is 0 Å². The minimum absolute atomic E-state index is 0.357. The Morgan fingerprint density at radius 1 is 1.00 bits per heavy atom. The molecule has 138 valence electrons. The van der Waals surface area contributed by atoms with Crippen LogP contribution in [0.2, 0.25) is 0 Å². The number of aromatic amines is 1. The van der Waals surface area contributed by atoms with Gasteiger partial charge in [0.05, 0.1) is 11.7 Å². The molecule has 1 aliphatic heterocycles. The van der Waals surface area contributed by atoms with E-state index >= 15 is 0 Å². The number of hydrogen-bond donors (Lipinski definition) is 2. The molecule has 0 radical (unpaired) electrons. The summed E-state index contributed by atoms with van der Waals surface area (Å²) < 4.78 is 0. The summed E-state index contributed by atoms with van der Waals surface area (Å²) in [5.74, 6) is 1.30. The normalized spacial score (nSPS) is 16.3. The quantitative estimate of drug-likeness (QED) is 0.508. The molecular weight excluding hydrogens is 344 g/mol. The maximum atomic E-state index is 4.91. The Morgan fingerprint density at radius 3 is 2.86 bits per heavy atom. The van der Waals surface area contributed by atoms with Crippen LogP contribution in [0.1, 0.15) is 34.6 Å². The van der Waals surface area contributed by atoms with Crippen molar-refractivity contribution < 1.29 is 0 Å². The van der Waals surface area contributed by atoms with Gasteiger partial charge in [-0.05, 0) is 42.7 Å². The molecule has 2 N–H and O–H groups in total. The molecular formula is C24H22N4. The smallest absolute Gasteiger partial charge is 0.133 e. The highest BCUT2D eigenvalue weighted by Crippen LogP contribution is 2.33. The molecule has 28 heavy (non-hydrogen) atoms. The first-order chi connectivity index (χ1) is 13.8. The molecule has 3 aromatic carbocycles. The van der Waals surface area contributed by atoms with Crippen molar-refractivity contribution in [3.05, 3.63) is 95.2 Å². The van der Waals surface area contributed by atoms with E-state index in [1.54, 1.807) is 0 Å². The summed E-state index contributed by atoms with van der Waals surface area (Å²) in [6.07, 6.45) is 2.85. The van der Waals surface area contributed by atoms with Gasteiger partial charge in [-0.2, -0.15) is 5.10 Å². The average molecular weight is 366 g/mol. The summed E-state index contributed by atoms with van der Waals surface area (Å²) in [5, 5.41) is 11.7. The van der Waals surface area contributed by atoms with E-state index in [9.17, 15) is 0 Å². The van der Waals surface area contributed by atoms with Crippen molar-refractivity contribution >= 4 is 22.4 Å². The molecule has 1 aliphatic rings. The van der Waals surface area contributed by atoms with E-state index in [-0.39, 0.29) is 0 Å². The van der Waals surface area contributed by atoms with Crippen molar-refractivity contribution in [2.45, 2.75) is 19.3 Å². The van der Waals surface area contributed by atoms with Crippen molar-refractivity contribution in [2.24, 2.45) is 4.99 Å². The van der Waals surface area contributed by atoms with Crippen LogP contribution >= 0.6 is 0 Å². The second-order valence-corrected chi connectivity index (χ2v) is 7.37. The first-order valence-corrected chi connectivity index (χ1v) is 9.68. The standard InChI is InChI=1S/C24H22N4/c1-16-5-4-6-17(13-16)20-11-12-25-24(22-8-3-2-7-21(20)22)27-19-9-10-23-18(14-19)15-26-28-23/h2-10,13-15,20H,11-12H2,1H3,(H,25,27)(H,26,28). The van der Waals surface area contributed by atoms with Gasteiger partial charge in [-0.25, -0.2) is 0 Å². The van der Waals surface area contributed by atoms with Gasteiger partial charge in [0.25, 0.3) is 0 Å². The van der Waals surface area contributed by atoms with E-state index in [0.717, 1.165) is 35.4 Å². The van der Waals surface area contributed by atoms with Gasteiger partial charge in [-0.1, -0.05) is 54.1 Å². The molecule has 4 aromatic rings. The summed E-state index contributed by atoms with van der Waals surface area (Å²) in [7, 11) is 0. The Morgan fingerprint density at radius 2 is 1.93 bits per heavy atom. The lowest BCUT2D eigenvalue weighted by Gasteiger charge is -2.19. The van der Waals surface area contributed by atoms with Crippen LogP contribution in [0, 0.1) is 6.92 Å². The number of aromatic nitrogens is 2. The van der Waals surface area contributed by atoms with Crippen LogP contribution < -0.4 is 5.32 Å². The largest absolute Gasteiger partial charge is 0.340 e. The van der Waals surface area contributed by atoms with Crippen LogP contribution in [-0.4, -0.2) is 22.6 Å². The highest BCUT2D eigenvalue weighted by molar-refractivity contribution is 6.10. The molecule has 1 atom stereocenters. The van der Waals surface area contributed by atoms with Gasteiger partial charge in [-0.15, -0.1) is 0 Å². The minimum atomic E-state index is 0.357. The van der Waals surface area contributed by atoms with Crippen LogP contribution in [0.5, 0.6) is 0 Å². The summed E-state index contributed by atoms with van der Waals surface area (Å²) in [4.78, 5) is 4.91. The fourth-order valence-corrected chi connectivity index (χ4v) is 4.06. The Kier molecular flexibility index (Phi) is 4.17. The van der Waals surface area contributed by atoms with Crippen molar-refractivity contribution in [3.63, 3.8) is 0 Å². The summed E-state index contributed by atoms with van der Waals surface area (Å²) in [6.45, 7) is 2.95. The van der Waals surface area contributed by atoms with Gasteiger partial charge in [0.1, 0.15) is 5.84 Å². The molecule has 0 spiro atoms. The van der Waals surface area contributed by atoms with E-state index < -0.39 is 0 Å². The first-order valence-electron chi connectivity index (χ1n) is 9.68.